The molecule has 0 bridgehead atoms. The molecule has 0 aromatic rings. The predicted molar refractivity (Wildman–Crippen MR) is 101 cm³/mol. The maximum atomic E-state index is 10.9. The Labute approximate surface area is 169 Å². The van der Waals surface area contributed by atoms with Crippen LogP contribution in [-0.4, -0.2) is 102 Å². The molecule has 1 aliphatic carbocycles. The van der Waals surface area contributed by atoms with E-state index in [1.807, 2.05) is 0 Å². The number of aliphatic hydroxyl groups is 3. The molecule has 0 aromatic carbocycles. The molecule has 29 heavy (non-hydrogen) atoms. The van der Waals surface area contributed by atoms with Crippen LogP contribution in [0.3, 0.4) is 0 Å². The average Bonchev–Trinajstić information content (AvgIpc) is 2.69. The highest BCUT2D eigenvalue weighted by atomic mass is 16.7. The van der Waals surface area contributed by atoms with Crippen molar-refractivity contribution < 1.29 is 34.3 Å². The van der Waals surface area contributed by atoms with Crippen LogP contribution in [-0.2, 0) is 18.9 Å². The van der Waals surface area contributed by atoms with Crippen molar-refractivity contribution in [2.24, 2.45) is 28.7 Å². The summed E-state index contributed by atoms with van der Waals surface area (Å²) >= 11 is 0. The van der Waals surface area contributed by atoms with Gasteiger partial charge in [0.2, 0.25) is 0 Å². The molecule has 3 aliphatic rings. The largest absolute Gasteiger partial charge is 0.389 e. The van der Waals surface area contributed by atoms with Crippen LogP contribution in [0.4, 0.5) is 0 Å². The molecule has 2 aliphatic heterocycles. The van der Waals surface area contributed by atoms with E-state index in [1.54, 1.807) is 0 Å². The second-order valence-corrected chi connectivity index (χ2v) is 8.20. The van der Waals surface area contributed by atoms with Crippen molar-refractivity contribution in [1.82, 2.24) is 0 Å². The zero-order valence-corrected chi connectivity index (χ0v) is 16.3. The van der Waals surface area contributed by atoms with Gasteiger partial charge in [-0.25, -0.2) is 0 Å². The first-order valence-corrected chi connectivity index (χ1v) is 10.1. The van der Waals surface area contributed by atoms with E-state index in [-0.39, 0.29) is 18.8 Å². The van der Waals surface area contributed by atoms with Gasteiger partial charge in [-0.1, -0.05) is 0 Å². The summed E-state index contributed by atoms with van der Waals surface area (Å²) in [5.41, 5.74) is 29.9. The van der Waals surface area contributed by atoms with Crippen molar-refractivity contribution in [2.45, 2.75) is 92.6 Å². The van der Waals surface area contributed by atoms with Gasteiger partial charge >= 0.3 is 0 Å². The molecule has 0 spiro atoms. The quantitative estimate of drug-likeness (QED) is 0.210. The van der Waals surface area contributed by atoms with E-state index >= 15 is 0 Å². The van der Waals surface area contributed by atoms with Gasteiger partial charge in [0, 0.05) is 18.6 Å². The van der Waals surface area contributed by atoms with Crippen molar-refractivity contribution in [2.75, 3.05) is 13.2 Å². The van der Waals surface area contributed by atoms with Crippen LogP contribution in [0, 0.1) is 0 Å². The molecule has 0 radical (unpaired) electrons. The van der Waals surface area contributed by atoms with Gasteiger partial charge in [-0.3, -0.25) is 0 Å². The summed E-state index contributed by atoms with van der Waals surface area (Å²) in [5, 5.41) is 30.8. The third kappa shape index (κ3) is 5.06. The van der Waals surface area contributed by atoms with Gasteiger partial charge in [-0.05, 0) is 19.3 Å². The predicted octanol–water partition coefficient (Wildman–Crippen LogP) is -4.63. The lowest BCUT2D eigenvalue weighted by Gasteiger charge is -2.46. The van der Waals surface area contributed by atoms with Crippen LogP contribution in [0.5, 0.6) is 0 Å². The van der Waals surface area contributed by atoms with E-state index in [0.717, 1.165) is 6.42 Å². The fourth-order valence-electron chi connectivity index (χ4n) is 4.06. The molecule has 12 atom stereocenters. The van der Waals surface area contributed by atoms with Crippen LogP contribution in [0.25, 0.3) is 0 Å². The Morgan fingerprint density at radius 1 is 0.828 bits per heavy atom. The molecule has 170 valence electrons. The van der Waals surface area contributed by atoms with Crippen LogP contribution < -0.4 is 28.7 Å². The fraction of sp³-hybridized carbons (Fsp3) is 1.00. The normalized spacial score (nSPS) is 51.7. The van der Waals surface area contributed by atoms with Crippen molar-refractivity contribution >= 4 is 0 Å². The summed E-state index contributed by atoms with van der Waals surface area (Å²) in [5.74, 6) is 0. The van der Waals surface area contributed by atoms with Crippen molar-refractivity contribution in [3.63, 3.8) is 0 Å². The second kappa shape index (κ2) is 9.77. The Hall–Kier alpha value is -0.480. The smallest absolute Gasteiger partial charge is 0.185 e. The van der Waals surface area contributed by atoms with Crippen molar-refractivity contribution in [1.29, 1.82) is 0 Å². The van der Waals surface area contributed by atoms with E-state index in [2.05, 4.69) is 0 Å². The van der Waals surface area contributed by atoms with Crippen molar-refractivity contribution in [3.8, 4) is 0 Å². The summed E-state index contributed by atoms with van der Waals surface area (Å²) in [4.78, 5) is 0. The molecular formula is C17H35N5O7. The van der Waals surface area contributed by atoms with Crippen LogP contribution >= 0.6 is 0 Å². The van der Waals surface area contributed by atoms with Gasteiger partial charge in [-0.15, -0.1) is 0 Å². The number of hydrogen-bond donors (Lipinski definition) is 8. The monoisotopic (exact) mass is 421 g/mol. The summed E-state index contributed by atoms with van der Waals surface area (Å²) in [6.07, 6.45) is -5.70. The minimum Gasteiger partial charge on any atom is -0.389 e. The molecule has 2 heterocycles. The third-order valence-electron chi connectivity index (χ3n) is 5.95. The lowest BCUT2D eigenvalue weighted by Crippen LogP contribution is -2.66. The number of ether oxygens (including phenoxy) is 4. The summed E-state index contributed by atoms with van der Waals surface area (Å²) < 4.78 is 22.8. The topological polar surface area (TPSA) is 228 Å². The Kier molecular flexibility index (Phi) is 7.81. The maximum absolute atomic E-state index is 10.9. The van der Waals surface area contributed by atoms with Gasteiger partial charge < -0.3 is 62.9 Å². The molecular weight excluding hydrogens is 386 g/mol. The average molecular weight is 421 g/mol. The van der Waals surface area contributed by atoms with Gasteiger partial charge in [-0.2, -0.15) is 0 Å². The van der Waals surface area contributed by atoms with Gasteiger partial charge in [0.15, 0.2) is 12.6 Å². The molecule has 3 rings (SSSR count). The Bertz CT molecular complexity index is 518. The number of rotatable bonds is 5. The molecule has 0 aromatic heterocycles. The van der Waals surface area contributed by atoms with Crippen LogP contribution in [0.15, 0.2) is 0 Å². The molecule has 12 nitrogen and oxygen atoms in total. The van der Waals surface area contributed by atoms with Crippen molar-refractivity contribution in [3.05, 3.63) is 0 Å². The molecule has 0 unspecified atom stereocenters. The molecule has 2 saturated heterocycles. The SMILES string of the molecule is NC[C@@H]1CC[C@@H](N)[C@@H](O[C@H]2[C@H](O)[C@@H](O[C@@H]3OC[C@@H](O)[C@H](N)[C@H]3O)[C@H](N)C[C@@H]2N)O1. The summed E-state index contributed by atoms with van der Waals surface area (Å²) in [7, 11) is 0. The van der Waals surface area contributed by atoms with Gasteiger partial charge in [0.05, 0.1) is 30.9 Å². The molecule has 13 N–H and O–H groups in total. The Balaban J connectivity index is 1.66. The number of aliphatic hydroxyl groups excluding tert-OH is 3. The lowest BCUT2D eigenvalue weighted by molar-refractivity contribution is -0.295. The maximum Gasteiger partial charge on any atom is 0.185 e. The molecule has 3 fully saturated rings. The van der Waals surface area contributed by atoms with Gasteiger partial charge in [0.25, 0.3) is 0 Å². The highest BCUT2D eigenvalue weighted by molar-refractivity contribution is 5.00. The first kappa shape index (κ1) is 23.2. The zero-order valence-electron chi connectivity index (χ0n) is 16.3. The van der Waals surface area contributed by atoms with E-state index in [9.17, 15) is 15.3 Å². The standard InChI is InChI=1S/C17H35N5O7/c18-4-6-1-2-7(19)16(27-6)28-14-8(20)3-9(21)15(13(14)25)29-17-12(24)11(22)10(23)5-26-17/h6-17,23-25H,1-5,18-22H2/t6-,7+,8-,9+,10+,11-,12+,13-,14+,15-,16+,17-/m0/s1. The van der Waals surface area contributed by atoms with E-state index < -0.39 is 61.2 Å². The fourth-order valence-corrected chi connectivity index (χ4v) is 4.06. The van der Waals surface area contributed by atoms with E-state index in [0.29, 0.717) is 19.4 Å². The van der Waals surface area contributed by atoms with Gasteiger partial charge in [0.1, 0.15) is 24.4 Å². The molecule has 0 amide bonds. The molecule has 12 heteroatoms. The minimum atomic E-state index is -1.28. The second-order valence-electron chi connectivity index (χ2n) is 8.20. The highest BCUT2D eigenvalue weighted by Crippen LogP contribution is 2.29. The first-order valence-electron chi connectivity index (χ1n) is 10.1. The van der Waals surface area contributed by atoms with Crippen LogP contribution in [0.1, 0.15) is 19.3 Å². The zero-order chi connectivity index (χ0) is 21.3. The summed E-state index contributed by atoms with van der Waals surface area (Å²) in [6.45, 7) is 0.233. The first-order chi connectivity index (χ1) is 13.7. The number of nitrogens with two attached hydrogens (primary N) is 5. The Morgan fingerprint density at radius 3 is 2.07 bits per heavy atom. The number of hydrogen-bond acceptors (Lipinski definition) is 12. The lowest BCUT2D eigenvalue weighted by atomic mass is 9.84. The van der Waals surface area contributed by atoms with Crippen LogP contribution in [0.2, 0.25) is 0 Å². The van der Waals surface area contributed by atoms with E-state index in [4.69, 9.17) is 47.6 Å². The Morgan fingerprint density at radius 2 is 1.45 bits per heavy atom. The summed E-state index contributed by atoms with van der Waals surface area (Å²) in [6, 6.07) is -2.52. The third-order valence-corrected chi connectivity index (χ3v) is 5.95. The molecule has 1 saturated carbocycles. The van der Waals surface area contributed by atoms with E-state index in [1.165, 1.54) is 0 Å². The minimum absolute atomic E-state index is 0.106. The highest BCUT2D eigenvalue weighted by Gasteiger charge is 2.48.